The second-order valence-electron chi connectivity index (χ2n) is 7.30. The molecule has 2 aliphatic rings. The van der Waals surface area contributed by atoms with Crippen LogP contribution in [0.3, 0.4) is 0 Å². The Morgan fingerprint density at radius 2 is 1.07 bits per heavy atom. The highest BCUT2D eigenvalue weighted by molar-refractivity contribution is 7.98. The fourth-order valence-electron chi connectivity index (χ4n) is 4.18. The van der Waals surface area contributed by atoms with Crippen LogP contribution in [0.1, 0.15) is 22.3 Å². The summed E-state index contributed by atoms with van der Waals surface area (Å²) in [4.78, 5) is 11.1. The van der Waals surface area contributed by atoms with Gasteiger partial charge in [-0.2, -0.15) is 23.5 Å². The normalized spacial score (nSPS) is 14.3. The highest BCUT2D eigenvalue weighted by atomic mass is 32.2. The molecule has 4 bridgehead atoms. The molecule has 0 amide bonds. The van der Waals surface area contributed by atoms with Crippen LogP contribution in [0.2, 0.25) is 0 Å². The lowest BCUT2D eigenvalue weighted by Gasteiger charge is -2.16. The van der Waals surface area contributed by atoms with Gasteiger partial charge in [0, 0.05) is 35.1 Å². The van der Waals surface area contributed by atoms with Gasteiger partial charge in [-0.25, -0.2) is 0 Å². The molecule has 0 aliphatic carbocycles. The minimum Gasteiger partial charge on any atom is -0.258 e. The molecule has 0 saturated carbocycles. The molecular formula is C24H19NO2S2. The zero-order chi connectivity index (χ0) is 19.8. The summed E-state index contributed by atoms with van der Waals surface area (Å²) in [5.74, 6) is 3.30. The Morgan fingerprint density at radius 3 is 1.45 bits per heavy atom. The SMILES string of the molecule is O=[N+]([O-])c1cc2cc(c1)CSCc1c3ccccc3c(c3ccccc13)CSC2. The summed E-state index contributed by atoms with van der Waals surface area (Å²) in [5, 5.41) is 16.7. The number of fused-ring (bicyclic) bond motifs is 4. The number of nitro benzene ring substituents is 1. The van der Waals surface area contributed by atoms with Crippen LogP contribution < -0.4 is 0 Å². The van der Waals surface area contributed by atoms with Crippen molar-refractivity contribution in [3.05, 3.63) is 99.1 Å². The first-order valence-electron chi connectivity index (χ1n) is 9.54. The smallest absolute Gasteiger partial charge is 0.258 e. The first-order valence-corrected chi connectivity index (χ1v) is 11.9. The van der Waals surface area contributed by atoms with Gasteiger partial charge in [0.25, 0.3) is 5.69 Å². The highest BCUT2D eigenvalue weighted by Crippen LogP contribution is 2.38. The number of rotatable bonds is 1. The Kier molecular flexibility index (Phi) is 4.94. The number of nitrogens with zero attached hydrogens (tertiary/aromatic N) is 1. The second-order valence-corrected chi connectivity index (χ2v) is 9.27. The van der Waals surface area contributed by atoms with Crippen molar-refractivity contribution in [2.75, 3.05) is 0 Å². The van der Waals surface area contributed by atoms with Gasteiger partial charge in [0.05, 0.1) is 4.92 Å². The Balaban J connectivity index is 1.69. The Morgan fingerprint density at radius 1 is 0.655 bits per heavy atom. The van der Waals surface area contributed by atoms with Gasteiger partial charge in [0.15, 0.2) is 0 Å². The molecule has 0 N–H and O–H groups in total. The molecule has 29 heavy (non-hydrogen) atoms. The minimum absolute atomic E-state index is 0.198. The lowest BCUT2D eigenvalue weighted by atomic mass is 9.93. The van der Waals surface area contributed by atoms with Crippen LogP contribution in [0.4, 0.5) is 5.69 Å². The summed E-state index contributed by atoms with van der Waals surface area (Å²) in [5.41, 5.74) is 4.98. The molecule has 2 aliphatic heterocycles. The van der Waals surface area contributed by atoms with E-state index in [9.17, 15) is 10.1 Å². The maximum Gasteiger partial charge on any atom is 0.270 e. The van der Waals surface area contributed by atoms with Crippen LogP contribution in [-0.2, 0) is 23.0 Å². The quantitative estimate of drug-likeness (QED) is 0.188. The van der Waals surface area contributed by atoms with Gasteiger partial charge in [-0.15, -0.1) is 0 Å². The third-order valence-electron chi connectivity index (χ3n) is 5.43. The average Bonchev–Trinajstić information content (AvgIpc) is 2.75. The van der Waals surface area contributed by atoms with Crippen molar-refractivity contribution in [1.82, 2.24) is 0 Å². The van der Waals surface area contributed by atoms with Crippen molar-refractivity contribution >= 4 is 50.8 Å². The maximum absolute atomic E-state index is 11.4. The van der Waals surface area contributed by atoms with E-state index in [2.05, 4.69) is 54.6 Å². The highest BCUT2D eigenvalue weighted by Gasteiger charge is 2.16. The van der Waals surface area contributed by atoms with Gasteiger partial charge < -0.3 is 0 Å². The minimum atomic E-state index is -0.278. The summed E-state index contributed by atoms with van der Waals surface area (Å²) in [6.45, 7) is 0. The van der Waals surface area contributed by atoms with Crippen LogP contribution in [0, 0.1) is 10.1 Å². The van der Waals surface area contributed by atoms with Crippen molar-refractivity contribution < 1.29 is 4.92 Å². The molecule has 2 heterocycles. The lowest BCUT2D eigenvalue weighted by molar-refractivity contribution is -0.385. The van der Waals surface area contributed by atoms with Crippen LogP contribution >= 0.6 is 23.5 Å². The summed E-state index contributed by atoms with van der Waals surface area (Å²) in [6, 6.07) is 23.0. The molecular weight excluding hydrogens is 398 g/mol. The fourth-order valence-corrected chi connectivity index (χ4v) is 6.22. The second kappa shape index (κ2) is 7.73. The van der Waals surface area contributed by atoms with Crippen molar-refractivity contribution in [1.29, 1.82) is 0 Å². The monoisotopic (exact) mass is 417 g/mol. The van der Waals surface area contributed by atoms with Gasteiger partial charge in [-0.3, -0.25) is 10.1 Å². The van der Waals surface area contributed by atoms with E-state index in [1.807, 2.05) is 23.5 Å². The first kappa shape index (κ1) is 18.5. The zero-order valence-electron chi connectivity index (χ0n) is 15.8. The van der Waals surface area contributed by atoms with Crippen molar-refractivity contribution in [3.63, 3.8) is 0 Å². The molecule has 4 aromatic rings. The molecule has 0 atom stereocenters. The molecule has 6 rings (SSSR count). The largest absolute Gasteiger partial charge is 0.270 e. The third kappa shape index (κ3) is 3.49. The third-order valence-corrected chi connectivity index (χ3v) is 7.49. The summed E-state index contributed by atoms with van der Waals surface area (Å²) in [6.07, 6.45) is 0. The van der Waals surface area contributed by atoms with E-state index >= 15 is 0 Å². The molecule has 4 aromatic carbocycles. The summed E-state index contributed by atoms with van der Waals surface area (Å²) >= 11 is 3.65. The molecule has 0 unspecified atom stereocenters. The van der Waals surface area contributed by atoms with Gasteiger partial charge in [-0.05, 0) is 43.8 Å². The Hall–Kier alpha value is -2.50. The van der Waals surface area contributed by atoms with Crippen LogP contribution in [0.25, 0.3) is 21.5 Å². The number of benzene rings is 4. The molecule has 144 valence electrons. The predicted molar refractivity (Wildman–Crippen MR) is 125 cm³/mol. The van der Waals surface area contributed by atoms with E-state index in [4.69, 9.17) is 0 Å². The molecule has 0 fully saturated rings. The molecule has 0 saturated heterocycles. The predicted octanol–water partition coefficient (Wildman–Crippen LogP) is 7.08. The van der Waals surface area contributed by atoms with E-state index in [0.29, 0.717) is 0 Å². The number of thioether (sulfide) groups is 2. The fraction of sp³-hybridized carbons (Fsp3) is 0.167. The first-order chi connectivity index (χ1) is 14.2. The topological polar surface area (TPSA) is 43.1 Å². The van der Waals surface area contributed by atoms with Crippen molar-refractivity contribution in [2.24, 2.45) is 0 Å². The van der Waals surface area contributed by atoms with Gasteiger partial charge in [0.2, 0.25) is 0 Å². The Bertz CT molecular complexity index is 1110. The average molecular weight is 418 g/mol. The maximum atomic E-state index is 11.4. The number of hydrogen-bond acceptors (Lipinski definition) is 4. The summed E-state index contributed by atoms with van der Waals surface area (Å²) < 4.78 is 0. The number of hydrogen-bond donors (Lipinski definition) is 0. The molecule has 0 radical (unpaired) electrons. The standard InChI is InChI=1S/C24H19NO2S2/c26-25(27)18-10-16-9-17(11-18)13-29-15-24-20-6-2-1-5-19(20)23(14-28-12-16)21-7-3-4-8-22(21)24/h1-11H,12-15H2. The van der Waals surface area contributed by atoms with E-state index in [0.717, 1.165) is 34.1 Å². The lowest BCUT2D eigenvalue weighted by Crippen LogP contribution is -1.94. The van der Waals surface area contributed by atoms with Gasteiger partial charge >= 0.3 is 0 Å². The van der Waals surface area contributed by atoms with Gasteiger partial charge in [0.1, 0.15) is 0 Å². The van der Waals surface area contributed by atoms with E-state index in [1.54, 1.807) is 12.1 Å². The van der Waals surface area contributed by atoms with E-state index in [-0.39, 0.29) is 10.6 Å². The molecule has 0 spiro atoms. The van der Waals surface area contributed by atoms with Gasteiger partial charge in [-0.1, -0.05) is 54.6 Å². The Labute approximate surface area is 177 Å². The van der Waals surface area contributed by atoms with E-state index in [1.165, 1.54) is 32.7 Å². The zero-order valence-corrected chi connectivity index (χ0v) is 17.4. The number of nitro groups is 1. The van der Waals surface area contributed by atoms with Crippen LogP contribution in [0.5, 0.6) is 0 Å². The van der Waals surface area contributed by atoms with Crippen molar-refractivity contribution in [2.45, 2.75) is 23.0 Å². The summed E-state index contributed by atoms with van der Waals surface area (Å²) in [7, 11) is 0. The number of non-ortho nitro benzene ring substituents is 1. The van der Waals surface area contributed by atoms with E-state index < -0.39 is 0 Å². The molecule has 5 heteroatoms. The molecule has 3 nitrogen and oxygen atoms in total. The molecule has 0 aromatic heterocycles. The van der Waals surface area contributed by atoms with Crippen LogP contribution in [-0.4, -0.2) is 4.92 Å². The van der Waals surface area contributed by atoms with Crippen molar-refractivity contribution in [3.8, 4) is 0 Å². The van der Waals surface area contributed by atoms with Crippen LogP contribution in [0.15, 0.2) is 66.7 Å².